The number of carboxylic acid groups (broad SMARTS) is 1. The molecule has 0 aliphatic heterocycles. The molecule has 3 aromatic rings. The predicted octanol–water partition coefficient (Wildman–Crippen LogP) is 3.67. The summed E-state index contributed by atoms with van der Waals surface area (Å²) in [5.41, 5.74) is 2.27. The van der Waals surface area contributed by atoms with Crippen LogP contribution in [0, 0.1) is 0 Å². The number of aromatic nitrogens is 1. The third-order valence-corrected chi connectivity index (χ3v) is 3.92. The topological polar surface area (TPSA) is 94.2 Å². The lowest BCUT2D eigenvalue weighted by atomic mass is 10.1. The van der Waals surface area contributed by atoms with Gasteiger partial charge < -0.3 is 19.1 Å². The molecule has 144 valence electrons. The van der Waals surface area contributed by atoms with Crippen LogP contribution in [-0.2, 0) is 22.7 Å². The molecule has 7 nitrogen and oxygen atoms in total. The molecule has 0 saturated carbocycles. The Labute approximate surface area is 162 Å². The van der Waals surface area contributed by atoms with Gasteiger partial charge in [0.05, 0.1) is 6.20 Å². The maximum atomic E-state index is 10.6. The monoisotopic (exact) mass is 380 g/mol. The van der Waals surface area contributed by atoms with Crippen molar-refractivity contribution in [1.82, 2.24) is 4.98 Å². The van der Waals surface area contributed by atoms with Crippen LogP contribution in [0.3, 0.4) is 0 Å². The van der Waals surface area contributed by atoms with Crippen molar-refractivity contribution < 1.29 is 23.9 Å². The summed E-state index contributed by atoms with van der Waals surface area (Å²) >= 11 is 0. The summed E-state index contributed by atoms with van der Waals surface area (Å²) in [7, 11) is 1.47. The van der Waals surface area contributed by atoms with Crippen molar-refractivity contribution in [3.8, 4) is 5.75 Å². The van der Waals surface area contributed by atoms with Crippen LogP contribution in [0.1, 0.15) is 29.2 Å². The van der Waals surface area contributed by atoms with E-state index in [0.29, 0.717) is 29.5 Å². The number of nitrogens with zero attached hydrogens (tertiary/aromatic N) is 2. The molecule has 0 saturated heterocycles. The Morgan fingerprint density at radius 2 is 1.89 bits per heavy atom. The number of hydrogen-bond acceptors (Lipinski definition) is 6. The van der Waals surface area contributed by atoms with Gasteiger partial charge in [0.25, 0.3) is 0 Å². The Morgan fingerprint density at radius 3 is 2.57 bits per heavy atom. The first-order chi connectivity index (χ1) is 13.7. The fourth-order valence-corrected chi connectivity index (χ4v) is 2.54. The summed E-state index contributed by atoms with van der Waals surface area (Å²) in [5.74, 6) is 0.736. The molecule has 0 radical (unpaired) electrons. The Hall–Kier alpha value is -3.61. The van der Waals surface area contributed by atoms with Crippen LogP contribution >= 0.6 is 0 Å². The lowest BCUT2D eigenvalue weighted by Gasteiger charge is -2.05. The van der Waals surface area contributed by atoms with Crippen molar-refractivity contribution in [2.75, 3.05) is 7.11 Å². The zero-order chi connectivity index (χ0) is 19.8. The molecule has 0 spiro atoms. The molecule has 7 heteroatoms. The third kappa shape index (κ3) is 5.20. The largest absolute Gasteiger partial charge is 0.486 e. The highest BCUT2D eigenvalue weighted by Crippen LogP contribution is 2.17. The highest BCUT2D eigenvalue weighted by Gasteiger charge is 2.15. The number of carboxylic acids is 1. The summed E-state index contributed by atoms with van der Waals surface area (Å²) < 4.78 is 11.5. The van der Waals surface area contributed by atoms with E-state index in [1.165, 1.54) is 7.11 Å². The van der Waals surface area contributed by atoms with Gasteiger partial charge in [0, 0.05) is 12.0 Å². The van der Waals surface area contributed by atoms with E-state index in [4.69, 9.17) is 19.1 Å². The first-order valence-corrected chi connectivity index (χ1v) is 8.71. The van der Waals surface area contributed by atoms with Crippen LogP contribution in [-0.4, -0.2) is 28.9 Å². The van der Waals surface area contributed by atoms with Crippen molar-refractivity contribution in [3.63, 3.8) is 0 Å². The number of carbonyl (C=O) groups is 1. The molecule has 0 fully saturated rings. The first-order valence-electron chi connectivity index (χ1n) is 8.71. The van der Waals surface area contributed by atoms with Gasteiger partial charge in [0.1, 0.15) is 19.5 Å². The van der Waals surface area contributed by atoms with Crippen molar-refractivity contribution in [3.05, 3.63) is 83.6 Å². The number of benzene rings is 2. The number of ether oxygens (including phenoxy) is 1. The minimum absolute atomic E-state index is 0.105. The summed E-state index contributed by atoms with van der Waals surface area (Å²) in [6.45, 7) is 0.205. The van der Waals surface area contributed by atoms with E-state index in [0.717, 1.165) is 11.1 Å². The van der Waals surface area contributed by atoms with Crippen LogP contribution in [0.15, 0.2) is 70.4 Å². The maximum Gasteiger partial charge on any atom is 0.303 e. The molecule has 3 rings (SSSR count). The first kappa shape index (κ1) is 19.2. The highest BCUT2D eigenvalue weighted by molar-refractivity contribution is 6.09. The maximum absolute atomic E-state index is 10.6. The number of aliphatic carboxylic acids is 1. The quantitative estimate of drug-likeness (QED) is 0.450. The van der Waals surface area contributed by atoms with Gasteiger partial charge in [-0.2, -0.15) is 0 Å². The number of oxazole rings is 1. The van der Waals surface area contributed by atoms with Crippen molar-refractivity contribution >= 4 is 11.7 Å². The second-order valence-corrected chi connectivity index (χ2v) is 5.95. The number of hydrogen-bond donors (Lipinski definition) is 1. The fraction of sp³-hybridized carbons (Fsp3) is 0.190. The highest BCUT2D eigenvalue weighted by atomic mass is 16.6. The molecule has 0 aliphatic carbocycles. The van der Waals surface area contributed by atoms with Crippen LogP contribution in [0.4, 0.5) is 0 Å². The second-order valence-electron chi connectivity index (χ2n) is 5.95. The van der Waals surface area contributed by atoms with Gasteiger partial charge in [0.15, 0.2) is 11.5 Å². The average Bonchev–Trinajstić information content (AvgIpc) is 3.19. The smallest absolute Gasteiger partial charge is 0.303 e. The van der Waals surface area contributed by atoms with Gasteiger partial charge in [0.2, 0.25) is 5.89 Å². The molecule has 0 amide bonds. The van der Waals surface area contributed by atoms with Crippen molar-refractivity contribution in [1.29, 1.82) is 0 Å². The molecular formula is C21H20N2O5. The van der Waals surface area contributed by atoms with Gasteiger partial charge in [-0.15, -0.1) is 0 Å². The van der Waals surface area contributed by atoms with E-state index in [1.54, 1.807) is 18.3 Å². The Kier molecular flexibility index (Phi) is 6.41. The molecule has 2 aromatic carbocycles. The standard InChI is InChI=1S/C21H20N2O5/c1-26-23-20(16-5-3-2-4-6-16)21-22-13-18(28-21)14-27-17-10-7-15(8-11-17)9-12-19(24)25/h2-8,10-11,13H,9,12,14H2,1H3,(H,24,25)/b23-20+. The third-order valence-electron chi connectivity index (χ3n) is 3.92. The summed E-state index contributed by atoms with van der Waals surface area (Å²) in [6, 6.07) is 16.8. The lowest BCUT2D eigenvalue weighted by Crippen LogP contribution is -2.04. The van der Waals surface area contributed by atoms with Gasteiger partial charge in [-0.1, -0.05) is 47.6 Å². The molecule has 0 atom stereocenters. The van der Waals surface area contributed by atoms with Crippen LogP contribution in [0.2, 0.25) is 0 Å². The van der Waals surface area contributed by atoms with E-state index in [-0.39, 0.29) is 13.0 Å². The average molecular weight is 380 g/mol. The molecule has 1 N–H and O–H groups in total. The van der Waals surface area contributed by atoms with E-state index < -0.39 is 5.97 Å². The van der Waals surface area contributed by atoms with Gasteiger partial charge in [-0.25, -0.2) is 4.98 Å². The minimum atomic E-state index is -0.812. The summed E-state index contributed by atoms with van der Waals surface area (Å²) in [6.07, 6.45) is 2.18. The van der Waals surface area contributed by atoms with Gasteiger partial charge in [-0.05, 0) is 24.1 Å². The second kappa shape index (κ2) is 9.36. The number of aryl methyl sites for hydroxylation is 1. The van der Waals surface area contributed by atoms with E-state index in [2.05, 4.69) is 10.1 Å². The van der Waals surface area contributed by atoms with Crippen molar-refractivity contribution in [2.45, 2.75) is 19.4 Å². The molecule has 0 unspecified atom stereocenters. The zero-order valence-corrected chi connectivity index (χ0v) is 15.4. The minimum Gasteiger partial charge on any atom is -0.486 e. The summed E-state index contributed by atoms with van der Waals surface area (Å²) in [5, 5.41) is 12.7. The number of rotatable bonds is 9. The zero-order valence-electron chi connectivity index (χ0n) is 15.4. The van der Waals surface area contributed by atoms with Crippen LogP contribution in [0.25, 0.3) is 0 Å². The van der Waals surface area contributed by atoms with Crippen LogP contribution in [0.5, 0.6) is 5.75 Å². The van der Waals surface area contributed by atoms with E-state index >= 15 is 0 Å². The molecule has 1 heterocycles. The predicted molar refractivity (Wildman–Crippen MR) is 102 cm³/mol. The molecule has 1 aromatic heterocycles. The van der Waals surface area contributed by atoms with Crippen molar-refractivity contribution in [2.24, 2.45) is 5.16 Å². The summed E-state index contributed by atoms with van der Waals surface area (Å²) in [4.78, 5) is 19.8. The Bertz CT molecular complexity index is 933. The van der Waals surface area contributed by atoms with Crippen LogP contribution < -0.4 is 4.74 Å². The Morgan fingerprint density at radius 1 is 1.14 bits per heavy atom. The normalized spacial score (nSPS) is 11.2. The SMILES string of the molecule is CO/N=C(\c1ccccc1)c1ncc(COc2ccc(CCC(=O)O)cc2)o1. The van der Waals surface area contributed by atoms with E-state index in [1.807, 2.05) is 42.5 Å². The lowest BCUT2D eigenvalue weighted by molar-refractivity contribution is -0.136. The van der Waals surface area contributed by atoms with E-state index in [9.17, 15) is 4.79 Å². The van der Waals surface area contributed by atoms with Gasteiger partial charge >= 0.3 is 5.97 Å². The fourth-order valence-electron chi connectivity index (χ4n) is 2.54. The van der Waals surface area contributed by atoms with Gasteiger partial charge in [-0.3, -0.25) is 4.79 Å². The molecule has 0 bridgehead atoms. The Balaban J connectivity index is 1.63. The molecule has 28 heavy (non-hydrogen) atoms. The molecular weight excluding hydrogens is 360 g/mol. The number of oxime groups is 1. The molecule has 0 aliphatic rings.